The number of carbonyl (C=O) groups excluding carboxylic acids is 3. The summed E-state index contributed by atoms with van der Waals surface area (Å²) < 4.78 is 5.24. The third-order valence-electron chi connectivity index (χ3n) is 5.22. The molecule has 5 N–H and O–H groups in total. The van der Waals surface area contributed by atoms with E-state index in [2.05, 4.69) is 10.3 Å². The Labute approximate surface area is 230 Å². The van der Waals surface area contributed by atoms with Crippen molar-refractivity contribution in [2.24, 2.45) is 16.5 Å². The zero-order chi connectivity index (χ0) is 26.7. The van der Waals surface area contributed by atoms with Gasteiger partial charge in [0.25, 0.3) is 5.91 Å². The summed E-state index contributed by atoms with van der Waals surface area (Å²) in [5.41, 5.74) is 13.7. The van der Waals surface area contributed by atoms with Gasteiger partial charge in [-0.25, -0.2) is 9.79 Å². The molecule has 2 heterocycles. The third-order valence-corrected chi connectivity index (χ3v) is 7.84. The van der Waals surface area contributed by atoms with Gasteiger partial charge in [0.2, 0.25) is 5.91 Å². The number of hydrogen-bond donors (Lipinski definition) is 3. The van der Waals surface area contributed by atoms with Gasteiger partial charge in [-0.15, -0.1) is 11.3 Å². The van der Waals surface area contributed by atoms with Crippen molar-refractivity contribution in [1.82, 2.24) is 0 Å². The summed E-state index contributed by atoms with van der Waals surface area (Å²) in [6, 6.07) is 13.6. The molecule has 0 unspecified atom stereocenters. The van der Waals surface area contributed by atoms with Crippen LogP contribution >= 0.6 is 46.3 Å². The molecule has 1 aliphatic heterocycles. The SMILES string of the molecule is CCOC(=O)c1c(-c2ccc(Cl)cc2)csc1NC(=O)[C@H]1SC(=Nc2ccc(Cl)cc2)C(C(N)=O)=C1N. The maximum Gasteiger partial charge on any atom is 0.341 e. The molecule has 1 atom stereocenters. The number of thiophene rings is 1. The van der Waals surface area contributed by atoms with Crippen molar-refractivity contribution in [3.8, 4) is 11.1 Å². The Morgan fingerprint density at radius 1 is 1.05 bits per heavy atom. The fourth-order valence-corrected chi connectivity index (χ4v) is 5.86. The van der Waals surface area contributed by atoms with E-state index in [1.807, 2.05) is 0 Å². The highest BCUT2D eigenvalue weighted by atomic mass is 35.5. The topological polar surface area (TPSA) is 137 Å². The molecule has 37 heavy (non-hydrogen) atoms. The van der Waals surface area contributed by atoms with Gasteiger partial charge in [-0.1, -0.05) is 47.1 Å². The molecule has 0 saturated carbocycles. The van der Waals surface area contributed by atoms with Crippen molar-refractivity contribution < 1.29 is 19.1 Å². The molecular formula is C25H20Cl2N4O4S2. The Bertz CT molecular complexity index is 1430. The minimum Gasteiger partial charge on any atom is -0.462 e. The van der Waals surface area contributed by atoms with Gasteiger partial charge in [0.05, 0.1) is 17.9 Å². The Kier molecular flexibility index (Phi) is 8.23. The molecule has 0 spiro atoms. The molecule has 3 aromatic rings. The van der Waals surface area contributed by atoms with Crippen LogP contribution in [-0.4, -0.2) is 34.7 Å². The predicted molar refractivity (Wildman–Crippen MR) is 150 cm³/mol. The number of nitrogens with one attached hydrogen (secondary N) is 1. The third kappa shape index (κ3) is 5.83. The van der Waals surface area contributed by atoms with Gasteiger partial charge < -0.3 is 21.5 Å². The molecule has 0 bridgehead atoms. The zero-order valence-corrected chi connectivity index (χ0v) is 22.4. The van der Waals surface area contributed by atoms with Gasteiger partial charge in [-0.05, 0) is 48.9 Å². The lowest BCUT2D eigenvalue weighted by molar-refractivity contribution is -0.115. The van der Waals surface area contributed by atoms with E-state index in [0.717, 1.165) is 28.7 Å². The molecular weight excluding hydrogens is 555 g/mol. The number of nitrogens with zero attached hydrogens (tertiary/aromatic N) is 1. The Morgan fingerprint density at radius 3 is 2.27 bits per heavy atom. The van der Waals surface area contributed by atoms with E-state index >= 15 is 0 Å². The number of carbonyl (C=O) groups is 3. The van der Waals surface area contributed by atoms with Crippen molar-refractivity contribution in [3.05, 3.63) is 80.8 Å². The molecule has 2 amide bonds. The first-order valence-corrected chi connectivity index (χ1v) is 13.4. The Morgan fingerprint density at radius 2 is 1.68 bits per heavy atom. The summed E-state index contributed by atoms with van der Waals surface area (Å²) in [7, 11) is 0. The first kappa shape index (κ1) is 26.7. The number of nitrogens with two attached hydrogens (primary N) is 2. The number of rotatable bonds is 7. The van der Waals surface area contributed by atoms with Crippen LogP contribution in [0.1, 0.15) is 17.3 Å². The molecule has 12 heteroatoms. The summed E-state index contributed by atoms with van der Waals surface area (Å²) >= 11 is 14.1. The van der Waals surface area contributed by atoms with E-state index in [-0.39, 0.29) is 33.5 Å². The van der Waals surface area contributed by atoms with E-state index in [1.54, 1.807) is 60.8 Å². The van der Waals surface area contributed by atoms with Crippen molar-refractivity contribution in [2.75, 3.05) is 11.9 Å². The van der Waals surface area contributed by atoms with Gasteiger partial charge >= 0.3 is 5.97 Å². The maximum absolute atomic E-state index is 13.3. The van der Waals surface area contributed by atoms with Crippen molar-refractivity contribution in [1.29, 1.82) is 0 Å². The van der Waals surface area contributed by atoms with Crippen LogP contribution < -0.4 is 16.8 Å². The van der Waals surface area contributed by atoms with E-state index in [1.165, 1.54) is 0 Å². The Hall–Kier alpha value is -3.31. The number of ether oxygens (including phenoxy) is 1. The van der Waals surface area contributed by atoms with Crippen LogP contribution in [-0.2, 0) is 14.3 Å². The number of amides is 2. The van der Waals surface area contributed by atoms with E-state index in [9.17, 15) is 14.4 Å². The molecule has 0 radical (unpaired) electrons. The molecule has 8 nitrogen and oxygen atoms in total. The van der Waals surface area contributed by atoms with Crippen molar-refractivity contribution >= 4 is 79.8 Å². The lowest BCUT2D eigenvalue weighted by Gasteiger charge is -2.12. The smallest absolute Gasteiger partial charge is 0.341 e. The van der Waals surface area contributed by atoms with Crippen LogP contribution in [0.25, 0.3) is 11.1 Å². The highest BCUT2D eigenvalue weighted by Gasteiger charge is 2.38. The van der Waals surface area contributed by atoms with Crippen LogP contribution in [0.15, 0.2) is 70.2 Å². The van der Waals surface area contributed by atoms with Crippen LogP contribution in [0, 0.1) is 0 Å². The van der Waals surface area contributed by atoms with E-state index in [0.29, 0.717) is 21.3 Å². The second-order valence-corrected chi connectivity index (χ2v) is 10.5. The second-order valence-electron chi connectivity index (χ2n) is 7.66. The summed E-state index contributed by atoms with van der Waals surface area (Å²) in [5.74, 6) is -1.94. The average molecular weight is 575 g/mol. The number of benzene rings is 2. The highest BCUT2D eigenvalue weighted by Crippen LogP contribution is 2.39. The second kappa shape index (κ2) is 11.4. The molecule has 1 aliphatic rings. The maximum atomic E-state index is 13.3. The number of primary amides is 1. The standard InChI is InChI=1S/C25H20Cl2N4O4S2/c1-2-35-25(34)17-16(12-3-5-13(26)6-4-12)11-36-23(17)31-22(33)20-19(28)18(21(29)32)24(37-20)30-15-9-7-14(27)8-10-15/h3-11,20H,2,28H2,1H3,(H2,29,32)(H,31,33)/t20-/m0/s1. The summed E-state index contributed by atoms with van der Waals surface area (Å²) in [6.07, 6.45) is 0. The predicted octanol–water partition coefficient (Wildman–Crippen LogP) is 5.38. The van der Waals surface area contributed by atoms with Crippen molar-refractivity contribution in [2.45, 2.75) is 12.2 Å². The first-order valence-electron chi connectivity index (χ1n) is 10.9. The molecule has 0 aliphatic carbocycles. The lowest BCUT2D eigenvalue weighted by atomic mass is 10.0. The molecule has 4 rings (SSSR count). The minimum atomic E-state index is -0.996. The molecule has 0 fully saturated rings. The summed E-state index contributed by atoms with van der Waals surface area (Å²) in [5, 5.41) is 5.09. The molecule has 190 valence electrons. The van der Waals surface area contributed by atoms with Gasteiger partial charge in [-0.2, -0.15) is 0 Å². The first-order chi connectivity index (χ1) is 17.7. The highest BCUT2D eigenvalue weighted by molar-refractivity contribution is 8.16. The minimum absolute atomic E-state index is 0.0186. The Balaban J connectivity index is 1.66. The monoisotopic (exact) mass is 574 g/mol. The quantitative estimate of drug-likeness (QED) is 0.324. The van der Waals surface area contributed by atoms with Crippen LogP contribution in [0.3, 0.4) is 0 Å². The van der Waals surface area contributed by atoms with Crippen molar-refractivity contribution in [3.63, 3.8) is 0 Å². The number of aliphatic imine (C=N–C) groups is 1. The number of hydrogen-bond acceptors (Lipinski definition) is 8. The summed E-state index contributed by atoms with van der Waals surface area (Å²) in [6.45, 7) is 1.85. The van der Waals surface area contributed by atoms with Crippen LogP contribution in [0.4, 0.5) is 10.7 Å². The number of esters is 1. The largest absolute Gasteiger partial charge is 0.462 e. The zero-order valence-electron chi connectivity index (χ0n) is 19.3. The number of anilines is 1. The fraction of sp³-hybridized carbons (Fsp3) is 0.120. The van der Waals surface area contributed by atoms with Gasteiger partial charge in [0.15, 0.2) is 0 Å². The molecule has 1 aromatic heterocycles. The van der Waals surface area contributed by atoms with Gasteiger partial charge in [0.1, 0.15) is 20.9 Å². The fourth-order valence-electron chi connectivity index (χ4n) is 3.52. The van der Waals surface area contributed by atoms with Gasteiger partial charge in [0, 0.05) is 26.7 Å². The van der Waals surface area contributed by atoms with E-state index < -0.39 is 23.0 Å². The summed E-state index contributed by atoms with van der Waals surface area (Å²) in [4.78, 5) is 42.8. The van der Waals surface area contributed by atoms with Gasteiger partial charge in [-0.3, -0.25) is 9.59 Å². The number of halogens is 2. The number of thioether (sulfide) groups is 1. The lowest BCUT2D eigenvalue weighted by Crippen LogP contribution is -2.30. The molecule has 2 aromatic carbocycles. The molecule has 0 saturated heterocycles. The van der Waals surface area contributed by atoms with E-state index in [4.69, 9.17) is 39.4 Å². The normalized spacial score (nSPS) is 16.2. The average Bonchev–Trinajstić information content (AvgIpc) is 3.42. The van der Waals surface area contributed by atoms with Crippen LogP contribution in [0.5, 0.6) is 0 Å². The van der Waals surface area contributed by atoms with Crippen LogP contribution in [0.2, 0.25) is 10.0 Å².